The highest BCUT2D eigenvalue weighted by Gasteiger charge is 2.19. The molecule has 108 valence electrons. The fraction of sp³-hybridized carbons (Fsp3) is 0.188. The Morgan fingerprint density at radius 2 is 1.81 bits per heavy atom. The van der Waals surface area contributed by atoms with Gasteiger partial charge in [0.1, 0.15) is 5.75 Å². The zero-order valence-corrected chi connectivity index (χ0v) is 13.6. The van der Waals surface area contributed by atoms with Gasteiger partial charge in [0.15, 0.2) is 0 Å². The average Bonchev–Trinajstić information content (AvgIpc) is 2.48. The highest BCUT2D eigenvalue weighted by atomic mass is 35.5. The second-order valence-corrected chi connectivity index (χ2v) is 5.97. The van der Waals surface area contributed by atoms with Gasteiger partial charge < -0.3 is 4.74 Å². The van der Waals surface area contributed by atoms with Gasteiger partial charge in [0.2, 0.25) is 0 Å². The number of aliphatic imine (C=N–C) groups is 1. The van der Waals surface area contributed by atoms with Crippen LogP contribution >= 0.6 is 34.8 Å². The van der Waals surface area contributed by atoms with Crippen molar-refractivity contribution in [1.82, 2.24) is 0 Å². The number of hydrogen-bond donors (Lipinski definition) is 0. The van der Waals surface area contributed by atoms with Crippen LogP contribution in [0, 0.1) is 0 Å². The number of benzene rings is 2. The van der Waals surface area contributed by atoms with E-state index >= 15 is 0 Å². The van der Waals surface area contributed by atoms with Crippen LogP contribution in [0.2, 0.25) is 15.1 Å². The van der Waals surface area contributed by atoms with Crippen LogP contribution in [0.3, 0.4) is 0 Å². The molecule has 21 heavy (non-hydrogen) atoms. The first-order valence-corrected chi connectivity index (χ1v) is 7.60. The average molecular weight is 341 g/mol. The minimum Gasteiger partial charge on any atom is -0.495 e. The molecule has 0 N–H and O–H groups in total. The predicted molar refractivity (Wildman–Crippen MR) is 88.7 cm³/mol. The summed E-state index contributed by atoms with van der Waals surface area (Å²) in [5.41, 5.74) is 4.03. The molecule has 2 nitrogen and oxygen atoms in total. The fourth-order valence-electron chi connectivity index (χ4n) is 2.44. The first-order valence-electron chi connectivity index (χ1n) is 6.47. The number of fused-ring (bicyclic) bond motifs is 1. The van der Waals surface area contributed by atoms with Crippen LogP contribution in [0.4, 0.5) is 0 Å². The van der Waals surface area contributed by atoms with Crippen molar-refractivity contribution in [3.63, 3.8) is 0 Å². The van der Waals surface area contributed by atoms with Crippen LogP contribution in [0.5, 0.6) is 5.75 Å². The highest BCUT2D eigenvalue weighted by molar-refractivity contribution is 6.42. The van der Waals surface area contributed by atoms with Crippen molar-refractivity contribution < 1.29 is 4.74 Å². The molecule has 0 amide bonds. The molecule has 0 atom stereocenters. The Labute approximate surface area is 138 Å². The van der Waals surface area contributed by atoms with Gasteiger partial charge in [-0.1, -0.05) is 40.9 Å². The summed E-state index contributed by atoms with van der Waals surface area (Å²) in [7, 11) is 1.60. The van der Waals surface area contributed by atoms with Gasteiger partial charge in [-0.3, -0.25) is 4.99 Å². The molecule has 0 unspecified atom stereocenters. The van der Waals surface area contributed by atoms with Gasteiger partial charge in [0.05, 0.1) is 27.9 Å². The molecule has 0 saturated carbocycles. The first-order chi connectivity index (χ1) is 10.1. The van der Waals surface area contributed by atoms with Crippen molar-refractivity contribution in [2.24, 2.45) is 4.99 Å². The monoisotopic (exact) mass is 339 g/mol. The van der Waals surface area contributed by atoms with E-state index < -0.39 is 0 Å². The Kier molecular flexibility index (Phi) is 4.12. The third-order valence-electron chi connectivity index (χ3n) is 3.48. The van der Waals surface area contributed by atoms with E-state index in [1.54, 1.807) is 13.2 Å². The SMILES string of the molecule is COc1cc2c(cc1Cl)CCN=C2c1ccc(Cl)c(Cl)c1. The second-order valence-electron chi connectivity index (χ2n) is 4.75. The van der Waals surface area contributed by atoms with E-state index in [9.17, 15) is 0 Å². The summed E-state index contributed by atoms with van der Waals surface area (Å²) in [6, 6.07) is 9.41. The lowest BCUT2D eigenvalue weighted by atomic mass is 9.93. The molecule has 0 aromatic heterocycles. The van der Waals surface area contributed by atoms with E-state index in [0.717, 1.165) is 35.4 Å². The Hall–Kier alpha value is -1.22. The fourth-order valence-corrected chi connectivity index (χ4v) is 3.00. The topological polar surface area (TPSA) is 21.6 Å². The van der Waals surface area contributed by atoms with Crippen LogP contribution in [-0.4, -0.2) is 19.4 Å². The smallest absolute Gasteiger partial charge is 0.138 e. The van der Waals surface area contributed by atoms with E-state index in [0.29, 0.717) is 20.8 Å². The van der Waals surface area contributed by atoms with Gasteiger partial charge in [-0.2, -0.15) is 0 Å². The molecule has 1 aliphatic heterocycles. The Bertz CT molecular complexity index is 741. The van der Waals surface area contributed by atoms with Crippen LogP contribution in [0.15, 0.2) is 35.3 Å². The molecule has 0 radical (unpaired) electrons. The summed E-state index contributed by atoms with van der Waals surface area (Å²) in [5.74, 6) is 0.644. The van der Waals surface area contributed by atoms with Gasteiger partial charge in [-0.15, -0.1) is 0 Å². The Morgan fingerprint density at radius 3 is 2.52 bits per heavy atom. The normalized spacial score (nSPS) is 13.6. The maximum atomic E-state index is 6.20. The standard InChI is InChI=1S/C16H12Cl3NO/c1-21-15-8-11-9(6-14(15)19)4-5-20-16(11)10-2-3-12(17)13(18)7-10/h2-3,6-8H,4-5H2,1H3. The molecule has 5 heteroatoms. The molecule has 0 spiro atoms. The molecular weight excluding hydrogens is 329 g/mol. The van der Waals surface area contributed by atoms with E-state index in [1.807, 2.05) is 24.3 Å². The summed E-state index contributed by atoms with van der Waals surface area (Å²) in [6.07, 6.45) is 0.865. The lowest BCUT2D eigenvalue weighted by Crippen LogP contribution is -2.14. The maximum absolute atomic E-state index is 6.20. The van der Waals surface area contributed by atoms with Crippen LogP contribution in [0.25, 0.3) is 0 Å². The van der Waals surface area contributed by atoms with Gasteiger partial charge in [-0.25, -0.2) is 0 Å². The summed E-state index contributed by atoms with van der Waals surface area (Å²) in [6.45, 7) is 0.727. The molecule has 0 aliphatic carbocycles. The van der Waals surface area contributed by atoms with Crippen LogP contribution < -0.4 is 4.74 Å². The largest absolute Gasteiger partial charge is 0.495 e. The van der Waals surface area contributed by atoms with Crippen LogP contribution in [-0.2, 0) is 6.42 Å². The lowest BCUT2D eigenvalue weighted by Gasteiger charge is -2.19. The number of hydrogen-bond acceptors (Lipinski definition) is 2. The van der Waals surface area contributed by atoms with Crippen molar-refractivity contribution in [3.8, 4) is 5.75 Å². The van der Waals surface area contributed by atoms with E-state index in [2.05, 4.69) is 4.99 Å². The molecule has 2 aromatic rings. The molecule has 2 aromatic carbocycles. The van der Waals surface area contributed by atoms with Crippen LogP contribution in [0.1, 0.15) is 16.7 Å². The third kappa shape index (κ3) is 2.76. The zero-order chi connectivity index (χ0) is 15.0. The van der Waals surface area contributed by atoms with Gasteiger partial charge >= 0.3 is 0 Å². The van der Waals surface area contributed by atoms with Crippen molar-refractivity contribution in [2.45, 2.75) is 6.42 Å². The Morgan fingerprint density at radius 1 is 1.00 bits per heavy atom. The number of halogens is 3. The molecule has 0 saturated heterocycles. The first kappa shape index (κ1) is 14.7. The highest BCUT2D eigenvalue weighted by Crippen LogP contribution is 2.32. The molecular formula is C16H12Cl3NO. The van der Waals surface area contributed by atoms with Gasteiger partial charge in [0, 0.05) is 17.7 Å². The van der Waals surface area contributed by atoms with E-state index in [4.69, 9.17) is 39.5 Å². The molecule has 1 aliphatic rings. The number of rotatable bonds is 2. The minimum atomic E-state index is 0.518. The maximum Gasteiger partial charge on any atom is 0.138 e. The zero-order valence-electron chi connectivity index (χ0n) is 11.3. The molecule has 0 bridgehead atoms. The summed E-state index contributed by atoms with van der Waals surface area (Å²) < 4.78 is 5.30. The third-order valence-corrected chi connectivity index (χ3v) is 4.51. The molecule has 1 heterocycles. The number of nitrogens with zero attached hydrogens (tertiary/aromatic N) is 1. The van der Waals surface area contributed by atoms with Crippen molar-refractivity contribution in [1.29, 1.82) is 0 Å². The summed E-state index contributed by atoms with van der Waals surface area (Å²) in [5, 5.41) is 1.67. The van der Waals surface area contributed by atoms with E-state index in [1.165, 1.54) is 0 Å². The summed E-state index contributed by atoms with van der Waals surface area (Å²) >= 11 is 18.3. The second kappa shape index (κ2) is 5.88. The predicted octanol–water partition coefficient (Wildman–Crippen LogP) is 5.05. The minimum absolute atomic E-state index is 0.518. The number of ether oxygens (including phenoxy) is 1. The lowest BCUT2D eigenvalue weighted by molar-refractivity contribution is 0.414. The van der Waals surface area contributed by atoms with E-state index in [-0.39, 0.29) is 0 Å². The van der Waals surface area contributed by atoms with Crippen molar-refractivity contribution in [3.05, 3.63) is 62.1 Å². The van der Waals surface area contributed by atoms with Crippen molar-refractivity contribution in [2.75, 3.05) is 13.7 Å². The molecule has 3 rings (SSSR count). The van der Waals surface area contributed by atoms with Gasteiger partial charge in [0.25, 0.3) is 0 Å². The van der Waals surface area contributed by atoms with Crippen molar-refractivity contribution >= 4 is 40.5 Å². The van der Waals surface area contributed by atoms with Gasteiger partial charge in [-0.05, 0) is 36.2 Å². The summed E-state index contributed by atoms with van der Waals surface area (Å²) in [4.78, 5) is 4.63. The Balaban J connectivity index is 2.14. The molecule has 0 fully saturated rings. The number of methoxy groups -OCH3 is 1. The quantitative estimate of drug-likeness (QED) is 0.749.